The quantitative estimate of drug-likeness (QED) is 0.498. The minimum atomic E-state index is -4.79. The third kappa shape index (κ3) is 4.12. The lowest BCUT2D eigenvalue weighted by molar-refractivity contribution is -0.139. The first-order valence-corrected chi connectivity index (χ1v) is 6.30. The van der Waals surface area contributed by atoms with E-state index in [4.69, 9.17) is 0 Å². The van der Waals surface area contributed by atoms with Crippen LogP contribution in [0.5, 0.6) is 0 Å². The highest BCUT2D eigenvalue weighted by molar-refractivity contribution is 6.27. The maximum Gasteiger partial charge on any atom is 0.416 e. The molecular weight excluding hydrogens is 306 g/mol. The van der Waals surface area contributed by atoms with Gasteiger partial charge in [-0.2, -0.15) is 13.2 Å². The molecule has 1 aromatic carbocycles. The molecule has 0 aliphatic carbocycles. The Labute approximate surface area is 123 Å². The van der Waals surface area contributed by atoms with Crippen LogP contribution in [0.4, 0.5) is 23.2 Å². The van der Waals surface area contributed by atoms with E-state index in [1.807, 2.05) is 5.32 Å². The lowest BCUT2D eigenvalue weighted by Crippen LogP contribution is -2.20. The van der Waals surface area contributed by atoms with Gasteiger partial charge in [0.1, 0.15) is 0 Å². The number of Topliss-reactive ketones (excluding diaryl/α,β-unsaturated/α-hetero) is 1. The summed E-state index contributed by atoms with van der Waals surface area (Å²) in [6.07, 6.45) is -4.80. The number of benzene rings is 1. The molecule has 0 saturated carbocycles. The molecule has 0 aliphatic rings. The Hall–Kier alpha value is -2.25. The number of aldehydes is 1. The highest BCUT2D eigenvalue weighted by Gasteiger charge is 2.36. The number of carbonyl (C=O) groups excluding carboxylic acids is 3. The highest BCUT2D eigenvalue weighted by atomic mass is 19.4. The summed E-state index contributed by atoms with van der Waals surface area (Å²) in [4.78, 5) is 32.9. The van der Waals surface area contributed by atoms with Crippen molar-refractivity contribution in [3.63, 3.8) is 0 Å². The zero-order valence-corrected chi connectivity index (χ0v) is 11.5. The van der Waals surface area contributed by atoms with E-state index in [1.54, 1.807) is 0 Å². The summed E-state index contributed by atoms with van der Waals surface area (Å²) < 4.78 is 51.5. The number of anilines is 1. The van der Waals surface area contributed by atoms with E-state index in [-0.39, 0.29) is 24.0 Å². The van der Waals surface area contributed by atoms with Crippen molar-refractivity contribution in [1.29, 1.82) is 0 Å². The zero-order valence-electron chi connectivity index (χ0n) is 11.5. The smallest absolute Gasteiger partial charge is 0.324 e. The van der Waals surface area contributed by atoms with Crippen LogP contribution in [0.3, 0.4) is 0 Å². The van der Waals surface area contributed by atoms with Crippen LogP contribution < -0.4 is 5.32 Å². The summed E-state index contributed by atoms with van der Waals surface area (Å²) in [7, 11) is 0. The molecule has 1 atom stereocenters. The van der Waals surface area contributed by atoms with Crippen LogP contribution in [0.25, 0.3) is 0 Å². The number of rotatable bonds is 6. The Morgan fingerprint density at radius 1 is 1.32 bits per heavy atom. The third-order valence-corrected chi connectivity index (χ3v) is 3.01. The average molecular weight is 319 g/mol. The molecule has 4 nitrogen and oxygen atoms in total. The largest absolute Gasteiger partial charge is 0.416 e. The van der Waals surface area contributed by atoms with Crippen molar-refractivity contribution in [2.24, 2.45) is 0 Å². The Morgan fingerprint density at radius 3 is 2.41 bits per heavy atom. The number of hydrogen-bond donors (Lipinski definition) is 1. The van der Waals surface area contributed by atoms with Gasteiger partial charge in [0.15, 0.2) is 13.0 Å². The van der Waals surface area contributed by atoms with E-state index < -0.39 is 36.0 Å². The second-order valence-corrected chi connectivity index (χ2v) is 4.46. The Kier molecular flexibility index (Phi) is 5.78. The predicted octanol–water partition coefficient (Wildman–Crippen LogP) is 2.88. The number of carbonyl (C=O) groups is 3. The van der Waals surface area contributed by atoms with Crippen molar-refractivity contribution in [3.05, 3.63) is 29.3 Å². The van der Waals surface area contributed by atoms with Crippen molar-refractivity contribution < 1.29 is 31.9 Å². The van der Waals surface area contributed by atoms with E-state index in [1.165, 1.54) is 6.92 Å². The van der Waals surface area contributed by atoms with Crippen LogP contribution >= 0.6 is 0 Å². The number of halogens is 4. The molecule has 0 spiro atoms. The molecule has 8 heteroatoms. The number of alkyl halides is 4. The van der Waals surface area contributed by atoms with Gasteiger partial charge < -0.3 is 5.32 Å². The molecular formula is C14H13F4NO3. The SMILES string of the molecule is CCC(C(=O)C=O)c1ccc(NC(=O)CF)cc1C(F)(F)F. The van der Waals surface area contributed by atoms with Gasteiger partial charge in [0.25, 0.3) is 5.91 Å². The second kappa shape index (κ2) is 7.15. The number of amides is 1. The van der Waals surface area contributed by atoms with Crippen molar-refractivity contribution in [1.82, 2.24) is 0 Å². The minimum absolute atomic E-state index is 0.0108. The fourth-order valence-corrected chi connectivity index (χ4v) is 2.03. The zero-order chi connectivity index (χ0) is 16.9. The Morgan fingerprint density at radius 2 is 1.95 bits per heavy atom. The van der Waals surface area contributed by atoms with Gasteiger partial charge in [-0.1, -0.05) is 13.0 Å². The van der Waals surface area contributed by atoms with Gasteiger partial charge >= 0.3 is 6.18 Å². The molecule has 0 heterocycles. The van der Waals surface area contributed by atoms with Crippen LogP contribution in [-0.2, 0) is 20.6 Å². The van der Waals surface area contributed by atoms with Crippen LogP contribution in [0.1, 0.15) is 30.4 Å². The van der Waals surface area contributed by atoms with Crippen LogP contribution in [-0.4, -0.2) is 24.7 Å². The van der Waals surface area contributed by atoms with Gasteiger partial charge in [0.2, 0.25) is 5.78 Å². The molecule has 0 aromatic heterocycles. The van der Waals surface area contributed by atoms with Crippen LogP contribution in [0.15, 0.2) is 18.2 Å². The first kappa shape index (κ1) is 17.8. The maximum absolute atomic E-state index is 13.1. The molecule has 0 bridgehead atoms. The number of ketones is 1. The van der Waals surface area contributed by atoms with Crippen molar-refractivity contribution in [2.75, 3.05) is 12.0 Å². The van der Waals surface area contributed by atoms with E-state index in [0.29, 0.717) is 6.07 Å². The summed E-state index contributed by atoms with van der Waals surface area (Å²) >= 11 is 0. The summed E-state index contributed by atoms with van der Waals surface area (Å²) in [6.45, 7) is 0.106. The van der Waals surface area contributed by atoms with Gasteiger partial charge in [0.05, 0.1) is 11.5 Å². The molecule has 1 aromatic rings. The maximum atomic E-state index is 13.1. The highest BCUT2D eigenvalue weighted by Crippen LogP contribution is 2.38. The monoisotopic (exact) mass is 319 g/mol. The standard InChI is InChI=1S/C14H13F4NO3/c1-2-9(12(21)7-20)10-4-3-8(19-13(22)6-15)5-11(10)14(16,17)18/h3-5,7,9H,2,6H2,1H3,(H,19,22). The van der Waals surface area contributed by atoms with Crippen molar-refractivity contribution in [3.8, 4) is 0 Å². The third-order valence-electron chi connectivity index (χ3n) is 3.01. The predicted molar refractivity (Wildman–Crippen MR) is 70.2 cm³/mol. The van der Waals surface area contributed by atoms with Gasteiger partial charge in [-0.05, 0) is 24.1 Å². The summed E-state index contributed by atoms with van der Waals surface area (Å²) in [5.74, 6) is -3.27. The van der Waals surface area contributed by atoms with Crippen molar-refractivity contribution >= 4 is 23.7 Å². The molecule has 0 fully saturated rings. The van der Waals surface area contributed by atoms with Gasteiger partial charge in [0, 0.05) is 5.69 Å². The molecule has 1 N–H and O–H groups in total. The fourth-order valence-electron chi connectivity index (χ4n) is 2.03. The first-order chi connectivity index (χ1) is 10.2. The Bertz CT molecular complexity index is 584. The second-order valence-electron chi connectivity index (χ2n) is 4.46. The summed E-state index contributed by atoms with van der Waals surface area (Å²) in [5, 5.41) is 1.96. The van der Waals surface area contributed by atoms with E-state index in [0.717, 1.165) is 12.1 Å². The van der Waals surface area contributed by atoms with E-state index in [9.17, 15) is 31.9 Å². The molecule has 0 saturated heterocycles. The lowest BCUT2D eigenvalue weighted by Gasteiger charge is -2.19. The summed E-state index contributed by atoms with van der Waals surface area (Å²) in [6, 6.07) is 2.74. The molecule has 120 valence electrons. The fraction of sp³-hybridized carbons (Fsp3) is 0.357. The van der Waals surface area contributed by atoms with Gasteiger partial charge in [-0.25, -0.2) is 4.39 Å². The average Bonchev–Trinajstić information content (AvgIpc) is 2.47. The number of hydrogen-bond acceptors (Lipinski definition) is 3. The van der Waals surface area contributed by atoms with Crippen LogP contribution in [0.2, 0.25) is 0 Å². The molecule has 1 rings (SSSR count). The topological polar surface area (TPSA) is 63.2 Å². The molecule has 1 unspecified atom stereocenters. The minimum Gasteiger partial charge on any atom is -0.324 e. The van der Waals surface area contributed by atoms with Gasteiger partial charge in [-0.3, -0.25) is 14.4 Å². The van der Waals surface area contributed by atoms with Crippen molar-refractivity contribution in [2.45, 2.75) is 25.4 Å². The molecule has 22 heavy (non-hydrogen) atoms. The molecule has 0 aliphatic heterocycles. The number of nitrogens with one attached hydrogen (secondary N) is 1. The Balaban J connectivity index is 3.36. The van der Waals surface area contributed by atoms with E-state index in [2.05, 4.69) is 0 Å². The van der Waals surface area contributed by atoms with Gasteiger partial charge in [-0.15, -0.1) is 0 Å². The van der Waals surface area contributed by atoms with Crippen LogP contribution in [0, 0.1) is 0 Å². The lowest BCUT2D eigenvalue weighted by atomic mass is 9.88. The summed E-state index contributed by atoms with van der Waals surface area (Å²) in [5.41, 5.74) is -1.75. The first-order valence-electron chi connectivity index (χ1n) is 6.30. The van der Waals surface area contributed by atoms with E-state index >= 15 is 0 Å². The normalized spacial score (nSPS) is 12.6. The molecule has 0 radical (unpaired) electrons. The molecule has 1 amide bonds.